The van der Waals surface area contributed by atoms with Crippen molar-refractivity contribution in [1.82, 2.24) is 9.69 Å². The maximum atomic E-state index is 11.7. The van der Waals surface area contributed by atoms with Gasteiger partial charge in [0.2, 0.25) is 5.91 Å². The third kappa shape index (κ3) is 3.89. The van der Waals surface area contributed by atoms with Gasteiger partial charge in [0.25, 0.3) is 0 Å². The number of anilines is 2. The summed E-state index contributed by atoms with van der Waals surface area (Å²) in [6, 6.07) is -0.285. The van der Waals surface area contributed by atoms with Gasteiger partial charge in [0, 0.05) is 12.1 Å². The zero-order chi connectivity index (χ0) is 13.0. The van der Waals surface area contributed by atoms with Crippen molar-refractivity contribution in [2.75, 3.05) is 17.6 Å². The zero-order valence-electron chi connectivity index (χ0n) is 10.7. The number of rotatable bonds is 5. The van der Waals surface area contributed by atoms with Gasteiger partial charge in [-0.3, -0.25) is 4.79 Å². The summed E-state index contributed by atoms with van der Waals surface area (Å²) in [5, 5.41) is 6.85. The fraction of sp³-hybridized carbons (Fsp3) is 0.636. The van der Waals surface area contributed by atoms with Gasteiger partial charge in [-0.05, 0) is 31.3 Å². The molecule has 0 aliphatic rings. The third-order valence-electron chi connectivity index (χ3n) is 2.39. The number of hydrogen-bond donors (Lipinski definition) is 3. The first-order chi connectivity index (χ1) is 7.91. The summed E-state index contributed by atoms with van der Waals surface area (Å²) in [5.41, 5.74) is 6.55. The second-order valence-corrected chi connectivity index (χ2v) is 5.30. The van der Waals surface area contributed by atoms with Gasteiger partial charge in [0.1, 0.15) is 16.9 Å². The van der Waals surface area contributed by atoms with Gasteiger partial charge in [0.05, 0.1) is 0 Å². The molecule has 0 radical (unpaired) electrons. The smallest absolute Gasteiger partial charge is 0.242 e. The second-order valence-electron chi connectivity index (χ2n) is 4.53. The lowest BCUT2D eigenvalue weighted by Crippen LogP contribution is -2.39. The highest BCUT2D eigenvalue weighted by atomic mass is 32.1. The fourth-order valence-corrected chi connectivity index (χ4v) is 2.00. The molecule has 4 N–H and O–H groups in total. The quantitative estimate of drug-likeness (QED) is 0.747. The first kappa shape index (κ1) is 13.8. The molecule has 0 saturated heterocycles. The molecule has 1 aromatic rings. The number of nitrogens with two attached hydrogens (primary N) is 1. The molecule has 6 heteroatoms. The summed E-state index contributed by atoms with van der Waals surface area (Å²) < 4.78 is 4.03. The van der Waals surface area contributed by atoms with Crippen LogP contribution in [0.2, 0.25) is 0 Å². The molecule has 5 nitrogen and oxygen atoms in total. The predicted molar refractivity (Wildman–Crippen MR) is 72.2 cm³/mol. The molecule has 0 spiro atoms. The minimum Gasteiger partial charge on any atom is -0.383 e. The molecular formula is C11H20N4OS. The highest BCUT2D eigenvalue weighted by molar-refractivity contribution is 7.10. The van der Waals surface area contributed by atoms with Crippen molar-refractivity contribution in [2.45, 2.75) is 33.7 Å². The summed E-state index contributed by atoms with van der Waals surface area (Å²) in [5.74, 6) is 0.962. The van der Waals surface area contributed by atoms with Crippen molar-refractivity contribution in [3.63, 3.8) is 0 Å². The highest BCUT2D eigenvalue weighted by Crippen LogP contribution is 2.25. The van der Waals surface area contributed by atoms with Gasteiger partial charge >= 0.3 is 0 Å². The highest BCUT2D eigenvalue weighted by Gasteiger charge is 2.15. The van der Waals surface area contributed by atoms with Crippen LogP contribution in [0, 0.1) is 12.8 Å². The third-order valence-corrected chi connectivity index (χ3v) is 3.28. The van der Waals surface area contributed by atoms with Gasteiger partial charge in [-0.25, -0.2) is 0 Å². The Morgan fingerprint density at radius 1 is 1.47 bits per heavy atom. The van der Waals surface area contributed by atoms with Crippen molar-refractivity contribution in [3.05, 3.63) is 5.56 Å². The maximum Gasteiger partial charge on any atom is 0.242 e. The standard InChI is InChI=1S/C11H20N4OS/c1-6(2)5-13-10(16)8(4)14-11-7(3)9(12)15-17-11/h6,8,14H,5H2,1-4H3,(H2,12,15)(H,13,16). The molecule has 1 rings (SSSR count). The molecule has 1 unspecified atom stereocenters. The Labute approximate surface area is 106 Å². The molecule has 0 aliphatic carbocycles. The van der Waals surface area contributed by atoms with E-state index in [0.717, 1.165) is 10.6 Å². The van der Waals surface area contributed by atoms with Crippen LogP contribution in [0.1, 0.15) is 26.3 Å². The summed E-state index contributed by atoms with van der Waals surface area (Å²) >= 11 is 1.28. The van der Waals surface area contributed by atoms with Crippen molar-refractivity contribution in [3.8, 4) is 0 Å². The van der Waals surface area contributed by atoms with E-state index in [9.17, 15) is 4.79 Å². The van der Waals surface area contributed by atoms with E-state index in [2.05, 4.69) is 28.9 Å². The molecule has 0 aliphatic heterocycles. The van der Waals surface area contributed by atoms with Crippen LogP contribution < -0.4 is 16.4 Å². The Kier molecular flexibility index (Phi) is 4.74. The summed E-state index contributed by atoms with van der Waals surface area (Å²) in [6.45, 7) is 8.53. The Hall–Kier alpha value is -1.30. The monoisotopic (exact) mass is 256 g/mol. The van der Waals surface area contributed by atoms with Crippen LogP contribution in [0.15, 0.2) is 0 Å². The van der Waals surface area contributed by atoms with Crippen molar-refractivity contribution in [1.29, 1.82) is 0 Å². The number of carbonyl (C=O) groups excluding carboxylic acids is 1. The lowest BCUT2D eigenvalue weighted by atomic mass is 10.2. The topological polar surface area (TPSA) is 80.0 Å². The van der Waals surface area contributed by atoms with Crippen molar-refractivity contribution in [2.24, 2.45) is 5.92 Å². The van der Waals surface area contributed by atoms with Crippen LogP contribution in [-0.4, -0.2) is 22.9 Å². The van der Waals surface area contributed by atoms with Crippen LogP contribution in [0.5, 0.6) is 0 Å². The average molecular weight is 256 g/mol. The Morgan fingerprint density at radius 2 is 2.12 bits per heavy atom. The number of hydrogen-bond acceptors (Lipinski definition) is 5. The fourth-order valence-electron chi connectivity index (χ4n) is 1.20. The number of amides is 1. The molecule has 0 saturated carbocycles. The van der Waals surface area contributed by atoms with Gasteiger partial charge < -0.3 is 16.4 Å². The summed E-state index contributed by atoms with van der Waals surface area (Å²) in [6.07, 6.45) is 0. The van der Waals surface area contributed by atoms with E-state index in [1.165, 1.54) is 11.5 Å². The first-order valence-electron chi connectivity index (χ1n) is 5.67. The molecular weight excluding hydrogens is 236 g/mol. The minimum absolute atomic E-state index is 0.00919. The number of carbonyl (C=O) groups is 1. The molecule has 17 heavy (non-hydrogen) atoms. The van der Waals surface area contributed by atoms with E-state index < -0.39 is 0 Å². The van der Waals surface area contributed by atoms with Gasteiger partial charge in [-0.15, -0.1) is 0 Å². The van der Waals surface area contributed by atoms with E-state index in [1.807, 2.05) is 13.8 Å². The van der Waals surface area contributed by atoms with Crippen molar-refractivity contribution >= 4 is 28.3 Å². The molecule has 0 aromatic carbocycles. The lowest BCUT2D eigenvalue weighted by molar-refractivity contribution is -0.121. The molecule has 1 aromatic heterocycles. The molecule has 0 bridgehead atoms. The molecule has 1 atom stereocenters. The van der Waals surface area contributed by atoms with E-state index >= 15 is 0 Å². The van der Waals surface area contributed by atoms with Gasteiger partial charge in [0.15, 0.2) is 0 Å². The van der Waals surface area contributed by atoms with Crippen LogP contribution in [0.25, 0.3) is 0 Å². The van der Waals surface area contributed by atoms with Crippen molar-refractivity contribution < 1.29 is 4.79 Å². The zero-order valence-corrected chi connectivity index (χ0v) is 11.5. The minimum atomic E-state index is -0.285. The average Bonchev–Trinajstić information content (AvgIpc) is 2.57. The number of aromatic nitrogens is 1. The first-order valence-corrected chi connectivity index (χ1v) is 6.45. The number of nitrogens with zero attached hydrogens (tertiary/aromatic N) is 1. The lowest BCUT2D eigenvalue weighted by Gasteiger charge is -2.15. The largest absolute Gasteiger partial charge is 0.383 e. The van der Waals surface area contributed by atoms with Gasteiger partial charge in [-0.2, -0.15) is 4.37 Å². The van der Waals surface area contributed by atoms with E-state index in [4.69, 9.17) is 5.73 Å². The molecule has 0 fully saturated rings. The van der Waals surface area contributed by atoms with Crippen LogP contribution in [-0.2, 0) is 4.79 Å². The number of nitrogens with one attached hydrogen (secondary N) is 2. The molecule has 96 valence electrons. The second kappa shape index (κ2) is 5.86. The van der Waals surface area contributed by atoms with E-state index in [-0.39, 0.29) is 11.9 Å². The van der Waals surface area contributed by atoms with E-state index in [1.54, 1.807) is 0 Å². The molecule has 1 amide bonds. The van der Waals surface area contributed by atoms with Crippen LogP contribution in [0.3, 0.4) is 0 Å². The predicted octanol–water partition coefficient (Wildman–Crippen LogP) is 1.61. The summed E-state index contributed by atoms with van der Waals surface area (Å²) in [4.78, 5) is 11.7. The maximum absolute atomic E-state index is 11.7. The molecule has 1 heterocycles. The normalized spacial score (nSPS) is 12.5. The SMILES string of the molecule is Cc1c(N)nsc1NC(C)C(=O)NCC(C)C. The van der Waals surface area contributed by atoms with Crippen LogP contribution in [0.4, 0.5) is 10.8 Å². The number of nitrogen functional groups attached to an aromatic ring is 1. The Bertz CT molecular complexity index is 389. The van der Waals surface area contributed by atoms with Crippen LogP contribution >= 0.6 is 11.5 Å². The Morgan fingerprint density at radius 3 is 2.59 bits per heavy atom. The van der Waals surface area contributed by atoms with Gasteiger partial charge in [-0.1, -0.05) is 13.8 Å². The summed E-state index contributed by atoms with van der Waals surface area (Å²) in [7, 11) is 0. The van der Waals surface area contributed by atoms with E-state index in [0.29, 0.717) is 18.3 Å². The Balaban J connectivity index is 2.51.